The zero-order valence-electron chi connectivity index (χ0n) is 8.87. The maximum atomic E-state index is 11.6. The number of pyridine rings is 1. The lowest BCUT2D eigenvalue weighted by Gasteiger charge is -2.05. The molecular formula is C11H16N2O. The van der Waals surface area contributed by atoms with Gasteiger partial charge in [-0.05, 0) is 32.4 Å². The Balaban J connectivity index is 2.86. The minimum absolute atomic E-state index is 0.0654. The van der Waals surface area contributed by atoms with E-state index in [1.165, 1.54) is 0 Å². The molecule has 3 heteroatoms. The first-order valence-electron chi connectivity index (χ1n) is 4.72. The lowest BCUT2D eigenvalue weighted by atomic mass is 10.0. The van der Waals surface area contributed by atoms with Gasteiger partial charge in [0.2, 0.25) is 0 Å². The summed E-state index contributed by atoms with van der Waals surface area (Å²) >= 11 is 0. The third-order valence-electron chi connectivity index (χ3n) is 2.17. The number of hydrogen-bond acceptors (Lipinski definition) is 3. The van der Waals surface area contributed by atoms with E-state index >= 15 is 0 Å². The van der Waals surface area contributed by atoms with Gasteiger partial charge in [-0.2, -0.15) is 0 Å². The molecule has 1 aromatic rings. The lowest BCUT2D eigenvalue weighted by Crippen LogP contribution is -2.19. The van der Waals surface area contributed by atoms with Gasteiger partial charge in [-0.3, -0.25) is 9.78 Å². The molecule has 0 saturated carbocycles. The van der Waals surface area contributed by atoms with Crippen LogP contribution in [0, 0.1) is 13.8 Å². The molecule has 0 fully saturated rings. The largest absolute Gasteiger partial charge is 0.328 e. The van der Waals surface area contributed by atoms with Gasteiger partial charge in [-0.15, -0.1) is 0 Å². The Morgan fingerprint density at radius 1 is 1.57 bits per heavy atom. The smallest absolute Gasteiger partial charge is 0.165 e. The van der Waals surface area contributed by atoms with E-state index in [0.717, 1.165) is 11.3 Å². The summed E-state index contributed by atoms with van der Waals surface area (Å²) in [5, 5.41) is 0. The summed E-state index contributed by atoms with van der Waals surface area (Å²) < 4.78 is 0. The van der Waals surface area contributed by atoms with Gasteiger partial charge < -0.3 is 5.73 Å². The minimum atomic E-state index is -0.0934. The monoisotopic (exact) mass is 192 g/mol. The Labute approximate surface area is 84.3 Å². The number of hydrogen-bond donors (Lipinski definition) is 1. The van der Waals surface area contributed by atoms with E-state index in [1.807, 2.05) is 26.8 Å². The van der Waals surface area contributed by atoms with E-state index in [1.54, 1.807) is 6.20 Å². The first-order chi connectivity index (χ1) is 6.50. The molecule has 2 N–H and O–H groups in total. The second-order valence-corrected chi connectivity index (χ2v) is 3.73. The van der Waals surface area contributed by atoms with Crippen LogP contribution in [0.2, 0.25) is 0 Å². The van der Waals surface area contributed by atoms with Crippen LogP contribution in [0.25, 0.3) is 0 Å². The predicted octanol–water partition coefficient (Wildman–Crippen LogP) is 1.62. The number of Topliss-reactive ketones (excluding diaryl/α,β-unsaturated/α-hetero) is 1. The fourth-order valence-electron chi connectivity index (χ4n) is 1.21. The molecule has 0 saturated heterocycles. The van der Waals surface area contributed by atoms with Crippen molar-refractivity contribution in [3.8, 4) is 0 Å². The fraction of sp³-hybridized carbons (Fsp3) is 0.455. The molecule has 1 rings (SSSR count). The lowest BCUT2D eigenvalue weighted by molar-refractivity contribution is 0.0976. The van der Waals surface area contributed by atoms with Crippen molar-refractivity contribution in [1.29, 1.82) is 0 Å². The summed E-state index contributed by atoms with van der Waals surface area (Å²) in [6.45, 7) is 5.70. The van der Waals surface area contributed by atoms with E-state index in [0.29, 0.717) is 12.0 Å². The molecule has 0 amide bonds. The summed E-state index contributed by atoms with van der Waals surface area (Å²) in [6.07, 6.45) is 2.00. The van der Waals surface area contributed by atoms with Crippen molar-refractivity contribution in [2.45, 2.75) is 33.2 Å². The van der Waals surface area contributed by atoms with E-state index in [9.17, 15) is 4.79 Å². The molecule has 0 aliphatic heterocycles. The van der Waals surface area contributed by atoms with Crippen LogP contribution in [0.3, 0.4) is 0 Å². The van der Waals surface area contributed by atoms with Gasteiger partial charge in [0.1, 0.15) is 0 Å². The van der Waals surface area contributed by atoms with Crippen molar-refractivity contribution in [3.63, 3.8) is 0 Å². The molecular weight excluding hydrogens is 176 g/mol. The number of carbonyl (C=O) groups is 1. The number of aryl methyl sites for hydroxylation is 2. The first-order valence-corrected chi connectivity index (χ1v) is 4.72. The van der Waals surface area contributed by atoms with E-state index in [-0.39, 0.29) is 11.8 Å². The van der Waals surface area contributed by atoms with Crippen molar-refractivity contribution < 1.29 is 4.79 Å². The van der Waals surface area contributed by atoms with Crippen molar-refractivity contribution in [2.24, 2.45) is 5.73 Å². The second kappa shape index (κ2) is 4.33. The molecule has 0 radical (unpaired) electrons. The van der Waals surface area contributed by atoms with Crippen LogP contribution in [0.4, 0.5) is 0 Å². The SMILES string of the molecule is Cc1cc(C(=O)CC(C)N)cnc1C. The summed E-state index contributed by atoms with van der Waals surface area (Å²) in [5.41, 5.74) is 8.22. The van der Waals surface area contributed by atoms with E-state index in [4.69, 9.17) is 5.73 Å². The Bertz CT molecular complexity index is 345. The quantitative estimate of drug-likeness (QED) is 0.740. The minimum Gasteiger partial charge on any atom is -0.328 e. The molecule has 1 aromatic heterocycles. The van der Waals surface area contributed by atoms with Crippen LogP contribution >= 0.6 is 0 Å². The average molecular weight is 192 g/mol. The van der Waals surface area contributed by atoms with Crippen molar-refractivity contribution in [1.82, 2.24) is 4.98 Å². The van der Waals surface area contributed by atoms with E-state index in [2.05, 4.69) is 4.98 Å². The van der Waals surface area contributed by atoms with Gasteiger partial charge in [-0.1, -0.05) is 0 Å². The highest BCUT2D eigenvalue weighted by Gasteiger charge is 2.09. The highest BCUT2D eigenvalue weighted by atomic mass is 16.1. The fourth-order valence-corrected chi connectivity index (χ4v) is 1.21. The van der Waals surface area contributed by atoms with Gasteiger partial charge >= 0.3 is 0 Å². The maximum absolute atomic E-state index is 11.6. The molecule has 14 heavy (non-hydrogen) atoms. The molecule has 0 spiro atoms. The third-order valence-corrected chi connectivity index (χ3v) is 2.17. The Kier molecular flexibility index (Phi) is 3.36. The zero-order valence-corrected chi connectivity index (χ0v) is 8.87. The summed E-state index contributed by atoms with van der Waals surface area (Å²) in [4.78, 5) is 15.7. The van der Waals surface area contributed by atoms with Gasteiger partial charge in [0.15, 0.2) is 5.78 Å². The predicted molar refractivity (Wildman–Crippen MR) is 56.3 cm³/mol. The normalized spacial score (nSPS) is 12.6. The van der Waals surface area contributed by atoms with Gasteiger partial charge in [0.25, 0.3) is 0 Å². The molecule has 1 heterocycles. The first kappa shape index (κ1) is 10.9. The molecule has 1 atom stereocenters. The molecule has 76 valence electrons. The highest BCUT2D eigenvalue weighted by Crippen LogP contribution is 2.09. The third kappa shape index (κ3) is 2.64. The summed E-state index contributed by atoms with van der Waals surface area (Å²) in [7, 11) is 0. The number of carbonyl (C=O) groups excluding carboxylic acids is 1. The molecule has 0 aliphatic carbocycles. The number of nitrogens with two attached hydrogens (primary N) is 1. The number of rotatable bonds is 3. The number of nitrogens with zero attached hydrogens (tertiary/aromatic N) is 1. The Morgan fingerprint density at radius 3 is 2.71 bits per heavy atom. The average Bonchev–Trinajstić information content (AvgIpc) is 2.08. The van der Waals surface area contributed by atoms with Crippen molar-refractivity contribution in [3.05, 3.63) is 29.1 Å². The molecule has 0 aliphatic rings. The molecule has 3 nitrogen and oxygen atoms in total. The maximum Gasteiger partial charge on any atom is 0.165 e. The highest BCUT2D eigenvalue weighted by molar-refractivity contribution is 5.96. The van der Waals surface area contributed by atoms with Crippen molar-refractivity contribution in [2.75, 3.05) is 0 Å². The molecule has 0 aromatic carbocycles. The van der Waals surface area contributed by atoms with Gasteiger partial charge in [-0.25, -0.2) is 0 Å². The number of aromatic nitrogens is 1. The van der Waals surface area contributed by atoms with Crippen molar-refractivity contribution >= 4 is 5.78 Å². The van der Waals surface area contributed by atoms with Crippen LogP contribution in [0.15, 0.2) is 12.3 Å². The summed E-state index contributed by atoms with van der Waals surface area (Å²) in [6, 6.07) is 1.77. The van der Waals surface area contributed by atoms with Crippen LogP contribution < -0.4 is 5.73 Å². The van der Waals surface area contributed by atoms with Gasteiger partial charge in [0.05, 0.1) is 0 Å². The topological polar surface area (TPSA) is 56.0 Å². The van der Waals surface area contributed by atoms with E-state index < -0.39 is 0 Å². The van der Waals surface area contributed by atoms with Crippen LogP contribution in [0.5, 0.6) is 0 Å². The standard InChI is InChI=1S/C11H16N2O/c1-7-4-10(6-13-9(7)3)11(14)5-8(2)12/h4,6,8H,5,12H2,1-3H3. The Morgan fingerprint density at radius 2 is 2.21 bits per heavy atom. The number of ketones is 1. The van der Waals surface area contributed by atoms with Crippen LogP contribution in [-0.4, -0.2) is 16.8 Å². The second-order valence-electron chi connectivity index (χ2n) is 3.73. The molecule has 1 unspecified atom stereocenters. The Hall–Kier alpha value is -1.22. The van der Waals surface area contributed by atoms with Gasteiger partial charge in [0, 0.05) is 29.9 Å². The molecule has 0 bridgehead atoms. The zero-order chi connectivity index (χ0) is 10.7. The van der Waals surface area contributed by atoms with Crippen LogP contribution in [-0.2, 0) is 0 Å². The van der Waals surface area contributed by atoms with Crippen LogP contribution in [0.1, 0.15) is 35.0 Å². The summed E-state index contributed by atoms with van der Waals surface area (Å²) in [5.74, 6) is 0.0654.